The Kier molecular flexibility index (Phi) is 16.8. The van der Waals surface area contributed by atoms with E-state index in [1.54, 1.807) is 24.1 Å². The number of hydrogen-bond acceptors (Lipinski definition) is 8. The summed E-state index contributed by atoms with van der Waals surface area (Å²) in [5.41, 5.74) is -2.17. The summed E-state index contributed by atoms with van der Waals surface area (Å²) in [5.74, 6) is -4.71. The van der Waals surface area contributed by atoms with Gasteiger partial charge >= 0.3 is 6.18 Å². The van der Waals surface area contributed by atoms with Crippen LogP contribution in [0.15, 0.2) is 24.4 Å². The maximum Gasteiger partial charge on any atom is 0.403 e. The predicted octanol–water partition coefficient (Wildman–Crippen LogP) is 5.40. The lowest BCUT2D eigenvalue weighted by atomic mass is 9.67. The van der Waals surface area contributed by atoms with Crippen LogP contribution >= 0.6 is 11.6 Å². The quantitative estimate of drug-likeness (QED) is 0.208. The highest BCUT2D eigenvalue weighted by atomic mass is 35.5. The van der Waals surface area contributed by atoms with Crippen molar-refractivity contribution >= 4 is 47.0 Å². The number of carbonyl (C=O) groups is 6. The van der Waals surface area contributed by atoms with Gasteiger partial charge in [-0.15, -0.1) is 0 Å². The Hall–Kier alpha value is -4.48. The fraction of sp³-hybridized carbons (Fsp3) is 0.711. The first-order chi connectivity index (χ1) is 30.1. The summed E-state index contributed by atoms with van der Waals surface area (Å²) in [7, 11) is 4.58. The van der Waals surface area contributed by atoms with Gasteiger partial charge in [0, 0.05) is 52.3 Å². The molecule has 0 unspecified atom stereocenters. The predicted molar refractivity (Wildman–Crippen MR) is 230 cm³/mol. The van der Waals surface area contributed by atoms with E-state index < -0.39 is 103 Å². The van der Waals surface area contributed by atoms with Gasteiger partial charge in [-0.25, -0.2) is 9.37 Å². The van der Waals surface area contributed by atoms with Gasteiger partial charge in [0.15, 0.2) is 0 Å². The van der Waals surface area contributed by atoms with Crippen LogP contribution in [0.1, 0.15) is 104 Å². The molecule has 5 rings (SSSR count). The molecular formula is C45H64ClF4N7O7. The van der Waals surface area contributed by atoms with Crippen molar-refractivity contribution < 1.29 is 51.1 Å². The van der Waals surface area contributed by atoms with E-state index in [0.29, 0.717) is 54.1 Å². The third kappa shape index (κ3) is 11.9. The summed E-state index contributed by atoms with van der Waals surface area (Å²) in [6.45, 7) is 7.14. The normalized spacial score (nSPS) is 26.1. The molecule has 0 radical (unpaired) electrons. The van der Waals surface area contributed by atoms with Crippen LogP contribution in [0.5, 0.6) is 5.88 Å². The molecule has 14 nitrogen and oxygen atoms in total. The van der Waals surface area contributed by atoms with Crippen molar-refractivity contribution in [2.75, 3.05) is 34.2 Å². The Balaban J connectivity index is 1.41. The number of halogens is 5. The maximum atomic E-state index is 14.9. The van der Waals surface area contributed by atoms with Gasteiger partial charge in [0.1, 0.15) is 41.8 Å². The van der Waals surface area contributed by atoms with Gasteiger partial charge in [-0.1, -0.05) is 44.0 Å². The van der Waals surface area contributed by atoms with Crippen molar-refractivity contribution in [2.45, 2.75) is 153 Å². The first-order valence-electron chi connectivity index (χ1n) is 22.4. The highest BCUT2D eigenvalue weighted by Gasteiger charge is 2.66. The number of nitrogens with zero attached hydrogens (tertiary/aromatic N) is 5. The van der Waals surface area contributed by atoms with Gasteiger partial charge in [0.2, 0.25) is 41.3 Å². The number of rotatable bonds is 12. The minimum Gasteiger partial charge on any atom is -0.475 e. The van der Waals surface area contributed by atoms with Gasteiger partial charge in [-0.3, -0.25) is 28.8 Å². The van der Waals surface area contributed by atoms with Crippen LogP contribution < -0.4 is 15.4 Å². The summed E-state index contributed by atoms with van der Waals surface area (Å²) in [6.07, 6.45) is 0.123. The second-order valence-corrected chi connectivity index (χ2v) is 19.1. The largest absolute Gasteiger partial charge is 0.475 e. The average Bonchev–Trinajstić information content (AvgIpc) is 3.96. The van der Waals surface area contributed by atoms with Crippen molar-refractivity contribution in [1.29, 1.82) is 0 Å². The Bertz CT molecular complexity index is 1910. The molecule has 0 aromatic carbocycles. The number of nitrogens with one attached hydrogen (secondary N) is 2. The van der Waals surface area contributed by atoms with E-state index in [4.69, 9.17) is 16.3 Å². The van der Waals surface area contributed by atoms with Crippen molar-refractivity contribution in [2.24, 2.45) is 17.3 Å². The van der Waals surface area contributed by atoms with E-state index in [1.165, 1.54) is 30.1 Å². The lowest BCUT2D eigenvalue weighted by Gasteiger charge is -2.44. The summed E-state index contributed by atoms with van der Waals surface area (Å²) in [6, 6.07) is -4.52. The van der Waals surface area contributed by atoms with Gasteiger partial charge in [0.05, 0.1) is 17.7 Å². The standard InChI is InChI=1S/C45H64ClF4N7O7/c1-26(2)20-32-40(60)56(7)35(22-29-21-30(46)24-51-39(29)64-27(3)4)41(61)54(5)19-12-10-8-9-11-14-33(37(58)52-32)55(6)42(62)36(28-15-16-28)53-38(59)34-23-31(47)25-57(34)43(63)44(17-13-18-44)45(48,49)50/h9,11,21,24,26-28,31-36H,8,10,12-20,22-23,25H2,1-7H3,(H,52,58)(H,53,59)/b11-9+/t31-,32+,33+,34+,35+,36+/m1/s1. The molecule has 1 aromatic heterocycles. The zero-order valence-electron chi connectivity index (χ0n) is 37.9. The number of amides is 6. The number of likely N-dealkylation sites (N-methyl/N-ethyl adjacent to an activating group) is 3. The van der Waals surface area contributed by atoms with E-state index in [9.17, 15) is 46.3 Å². The number of alkyl halides is 4. The van der Waals surface area contributed by atoms with E-state index in [2.05, 4.69) is 15.6 Å². The van der Waals surface area contributed by atoms with E-state index in [0.717, 1.165) is 0 Å². The highest BCUT2D eigenvalue weighted by Crippen LogP contribution is 2.54. The van der Waals surface area contributed by atoms with Gasteiger partial charge in [0.25, 0.3) is 0 Å². The molecule has 3 heterocycles. The average molecular weight is 926 g/mol. The third-order valence-electron chi connectivity index (χ3n) is 12.8. The molecule has 0 bridgehead atoms. The van der Waals surface area contributed by atoms with Crippen LogP contribution in [-0.2, 0) is 35.2 Å². The first-order valence-corrected chi connectivity index (χ1v) is 22.8. The van der Waals surface area contributed by atoms with Crippen molar-refractivity contribution in [1.82, 2.24) is 35.2 Å². The maximum absolute atomic E-state index is 14.9. The zero-order chi connectivity index (χ0) is 47.3. The van der Waals surface area contributed by atoms with Crippen LogP contribution in [0.2, 0.25) is 5.02 Å². The lowest BCUT2D eigenvalue weighted by molar-refractivity contribution is -0.248. The summed E-state index contributed by atoms with van der Waals surface area (Å²) in [5, 5.41) is 5.83. The number of hydrogen-bond donors (Lipinski definition) is 2. The third-order valence-corrected chi connectivity index (χ3v) is 13.0. The van der Waals surface area contributed by atoms with E-state index >= 15 is 0 Å². The van der Waals surface area contributed by atoms with Crippen LogP contribution in [0, 0.1) is 17.3 Å². The zero-order valence-corrected chi connectivity index (χ0v) is 38.6. The molecule has 1 saturated heterocycles. The number of pyridine rings is 1. The van der Waals surface area contributed by atoms with Crippen LogP contribution in [0.4, 0.5) is 17.6 Å². The smallest absolute Gasteiger partial charge is 0.403 e. The van der Waals surface area contributed by atoms with Gasteiger partial charge in [-0.05, 0) is 89.5 Å². The number of likely N-dealkylation sites (tertiary alicyclic amines) is 1. The van der Waals surface area contributed by atoms with Gasteiger partial charge < -0.3 is 35.0 Å². The summed E-state index contributed by atoms with van der Waals surface area (Å²) in [4.78, 5) is 94.2. The minimum absolute atomic E-state index is 0.00220. The molecule has 2 N–H and O–H groups in total. The van der Waals surface area contributed by atoms with Gasteiger partial charge in [-0.2, -0.15) is 13.2 Å². The van der Waals surface area contributed by atoms with Crippen LogP contribution in [0.3, 0.4) is 0 Å². The molecule has 19 heteroatoms. The van der Waals surface area contributed by atoms with Crippen LogP contribution in [-0.4, -0.2) is 143 Å². The van der Waals surface area contributed by atoms with E-state index in [1.807, 2.05) is 33.8 Å². The summed E-state index contributed by atoms with van der Waals surface area (Å²) >= 11 is 6.36. The molecule has 3 fully saturated rings. The van der Waals surface area contributed by atoms with Crippen molar-refractivity contribution in [3.63, 3.8) is 0 Å². The molecule has 2 aliphatic heterocycles. The molecule has 4 aliphatic rings. The molecule has 6 atom stereocenters. The fourth-order valence-electron chi connectivity index (χ4n) is 8.78. The Morgan fingerprint density at radius 2 is 1.73 bits per heavy atom. The van der Waals surface area contributed by atoms with Crippen LogP contribution in [0.25, 0.3) is 0 Å². The van der Waals surface area contributed by atoms with Crippen molar-refractivity contribution in [3.8, 4) is 5.88 Å². The first kappa shape index (κ1) is 50.5. The monoisotopic (exact) mass is 925 g/mol. The molecule has 2 saturated carbocycles. The molecule has 1 aromatic rings. The number of carbonyl (C=O) groups excluding carboxylic acids is 6. The minimum atomic E-state index is -4.88. The number of allylic oxidation sites excluding steroid dienone is 1. The molecule has 6 amide bonds. The van der Waals surface area contributed by atoms with Crippen molar-refractivity contribution in [3.05, 3.63) is 35.0 Å². The Morgan fingerprint density at radius 3 is 2.33 bits per heavy atom. The second kappa shape index (κ2) is 21.2. The Labute approximate surface area is 378 Å². The molecule has 356 valence electrons. The number of aromatic nitrogens is 1. The Morgan fingerprint density at radius 1 is 1.05 bits per heavy atom. The second-order valence-electron chi connectivity index (χ2n) is 18.6. The molecule has 0 spiro atoms. The molecule has 2 aliphatic carbocycles. The molecular weight excluding hydrogens is 862 g/mol. The summed E-state index contributed by atoms with van der Waals surface area (Å²) < 4.78 is 63.3. The SMILES string of the molecule is CC(C)C[C@@H]1NC(=O)[C@@H](N(C)C(=O)[C@@H](NC(=O)[C@@H]2C[C@@H](F)CN2C(=O)C2(C(F)(F)F)CCC2)C2CC2)C/C=C/CCCCN(C)C(=O)[C@H](Cc2cc(Cl)cnc2OC(C)C)N(C)C1=O. The number of ether oxygens (including phenoxy) is 1. The lowest BCUT2D eigenvalue weighted by Crippen LogP contribution is -2.61. The fourth-order valence-corrected chi connectivity index (χ4v) is 8.96. The molecule has 64 heavy (non-hydrogen) atoms. The van der Waals surface area contributed by atoms with E-state index in [-0.39, 0.29) is 55.4 Å². The topological polar surface area (TPSA) is 162 Å². The highest BCUT2D eigenvalue weighted by molar-refractivity contribution is 6.30.